The van der Waals surface area contributed by atoms with Gasteiger partial charge < -0.3 is 5.32 Å². The second-order valence-electron chi connectivity index (χ2n) is 5.51. The van der Waals surface area contributed by atoms with Crippen molar-refractivity contribution >= 4 is 11.6 Å². The first-order valence-corrected chi connectivity index (χ1v) is 6.58. The lowest BCUT2D eigenvalue weighted by Gasteiger charge is -2.43. The Bertz CT molecular complexity index is 401. The van der Waals surface area contributed by atoms with Crippen LogP contribution >= 0.6 is 11.6 Å². The average Bonchev–Trinajstić information content (AvgIpc) is 2.24. The van der Waals surface area contributed by atoms with Gasteiger partial charge in [-0.2, -0.15) is 0 Å². The molecule has 1 aliphatic rings. The molecule has 94 valence electrons. The third-order valence-corrected chi connectivity index (χ3v) is 3.89. The van der Waals surface area contributed by atoms with Gasteiger partial charge in [-0.3, -0.25) is 4.90 Å². The molecule has 3 heteroatoms. The normalized spacial score (nSPS) is 20.5. The zero-order chi connectivity index (χ0) is 12.5. The van der Waals surface area contributed by atoms with Crippen molar-refractivity contribution in [3.05, 3.63) is 34.3 Å². The van der Waals surface area contributed by atoms with E-state index < -0.39 is 0 Å². The molecular formula is C14H21ClN2. The van der Waals surface area contributed by atoms with E-state index in [0.29, 0.717) is 0 Å². The monoisotopic (exact) mass is 252 g/mol. The fraction of sp³-hybridized carbons (Fsp3) is 0.571. The van der Waals surface area contributed by atoms with Gasteiger partial charge in [-0.15, -0.1) is 0 Å². The molecule has 1 heterocycles. The molecule has 1 aromatic carbocycles. The minimum atomic E-state index is 0.201. The summed E-state index contributed by atoms with van der Waals surface area (Å²) in [4.78, 5) is 2.50. The summed E-state index contributed by atoms with van der Waals surface area (Å²) in [7, 11) is 0. The van der Waals surface area contributed by atoms with Gasteiger partial charge >= 0.3 is 0 Å². The van der Waals surface area contributed by atoms with Crippen molar-refractivity contribution in [3.8, 4) is 0 Å². The summed E-state index contributed by atoms with van der Waals surface area (Å²) in [6, 6.07) is 6.33. The molecule has 0 bridgehead atoms. The molecule has 2 rings (SSSR count). The van der Waals surface area contributed by atoms with Crippen LogP contribution in [0, 0.1) is 6.92 Å². The lowest BCUT2D eigenvalue weighted by atomic mass is 9.99. The summed E-state index contributed by atoms with van der Waals surface area (Å²) in [5.74, 6) is 0. The highest BCUT2D eigenvalue weighted by molar-refractivity contribution is 6.31. The molecule has 2 nitrogen and oxygen atoms in total. The van der Waals surface area contributed by atoms with Crippen LogP contribution < -0.4 is 5.32 Å². The Labute approximate surface area is 109 Å². The zero-order valence-electron chi connectivity index (χ0n) is 10.9. The standard InChI is InChI=1S/C14H21ClN2/c1-11-4-5-12(13(15)8-11)9-17-7-6-16-10-14(17,2)3/h4-5,8,16H,6-7,9-10H2,1-3H3. The Morgan fingerprint density at radius 2 is 2.18 bits per heavy atom. The van der Waals surface area contributed by atoms with E-state index in [-0.39, 0.29) is 5.54 Å². The summed E-state index contributed by atoms with van der Waals surface area (Å²) in [5.41, 5.74) is 2.65. The molecule has 1 N–H and O–H groups in total. The van der Waals surface area contributed by atoms with E-state index in [0.717, 1.165) is 31.2 Å². The molecule has 0 unspecified atom stereocenters. The Kier molecular flexibility index (Phi) is 3.76. The van der Waals surface area contributed by atoms with Crippen molar-refractivity contribution in [1.29, 1.82) is 0 Å². The smallest absolute Gasteiger partial charge is 0.0453 e. The van der Waals surface area contributed by atoms with Crippen LogP contribution in [0.2, 0.25) is 5.02 Å². The Hall–Kier alpha value is -0.570. The number of hydrogen-bond acceptors (Lipinski definition) is 2. The summed E-state index contributed by atoms with van der Waals surface area (Å²) in [5, 5.41) is 4.33. The van der Waals surface area contributed by atoms with Crippen LogP contribution in [-0.4, -0.2) is 30.1 Å². The Balaban J connectivity index is 2.14. The van der Waals surface area contributed by atoms with Crippen molar-refractivity contribution in [2.75, 3.05) is 19.6 Å². The summed E-state index contributed by atoms with van der Waals surface area (Å²) < 4.78 is 0. The van der Waals surface area contributed by atoms with E-state index >= 15 is 0 Å². The fourth-order valence-corrected chi connectivity index (χ4v) is 2.60. The first-order valence-electron chi connectivity index (χ1n) is 6.20. The Morgan fingerprint density at radius 1 is 1.41 bits per heavy atom. The quantitative estimate of drug-likeness (QED) is 0.871. The number of rotatable bonds is 2. The molecule has 1 aliphatic heterocycles. The van der Waals surface area contributed by atoms with Gasteiger partial charge in [0, 0.05) is 36.7 Å². The predicted octanol–water partition coefficient (Wildman–Crippen LogP) is 2.83. The SMILES string of the molecule is Cc1ccc(CN2CCNCC2(C)C)c(Cl)c1. The van der Waals surface area contributed by atoms with Gasteiger partial charge in [0.1, 0.15) is 0 Å². The van der Waals surface area contributed by atoms with Crippen LogP contribution in [0.4, 0.5) is 0 Å². The van der Waals surface area contributed by atoms with Crippen LogP contribution in [-0.2, 0) is 6.54 Å². The highest BCUT2D eigenvalue weighted by Crippen LogP contribution is 2.24. The second kappa shape index (κ2) is 4.97. The molecule has 0 amide bonds. The number of benzene rings is 1. The summed E-state index contributed by atoms with van der Waals surface area (Å²) in [6.45, 7) is 10.8. The number of aryl methyl sites for hydroxylation is 1. The molecule has 0 saturated carbocycles. The predicted molar refractivity (Wildman–Crippen MR) is 73.5 cm³/mol. The number of nitrogens with zero attached hydrogens (tertiary/aromatic N) is 1. The number of nitrogens with one attached hydrogen (secondary N) is 1. The van der Waals surface area contributed by atoms with E-state index in [4.69, 9.17) is 11.6 Å². The van der Waals surface area contributed by atoms with Gasteiger partial charge in [-0.25, -0.2) is 0 Å². The number of piperazine rings is 1. The van der Waals surface area contributed by atoms with Crippen molar-refractivity contribution in [1.82, 2.24) is 10.2 Å². The lowest BCUT2D eigenvalue weighted by molar-refractivity contribution is 0.0828. The van der Waals surface area contributed by atoms with Gasteiger partial charge in [-0.1, -0.05) is 23.7 Å². The zero-order valence-corrected chi connectivity index (χ0v) is 11.6. The largest absolute Gasteiger partial charge is 0.314 e. The molecule has 0 aliphatic carbocycles. The minimum absolute atomic E-state index is 0.201. The molecule has 1 aromatic rings. The Morgan fingerprint density at radius 3 is 2.82 bits per heavy atom. The van der Waals surface area contributed by atoms with Gasteiger partial charge in [0.25, 0.3) is 0 Å². The van der Waals surface area contributed by atoms with Gasteiger partial charge in [-0.05, 0) is 38.0 Å². The average molecular weight is 253 g/mol. The maximum atomic E-state index is 6.30. The fourth-order valence-electron chi connectivity index (χ4n) is 2.30. The van der Waals surface area contributed by atoms with Crippen LogP contribution in [0.1, 0.15) is 25.0 Å². The molecule has 1 saturated heterocycles. The third-order valence-electron chi connectivity index (χ3n) is 3.54. The van der Waals surface area contributed by atoms with Crippen molar-refractivity contribution in [2.45, 2.75) is 32.9 Å². The first-order chi connectivity index (χ1) is 7.99. The van der Waals surface area contributed by atoms with Crippen LogP contribution in [0.25, 0.3) is 0 Å². The van der Waals surface area contributed by atoms with E-state index in [1.807, 2.05) is 6.07 Å². The number of hydrogen-bond donors (Lipinski definition) is 1. The third kappa shape index (κ3) is 3.01. The molecule has 0 aromatic heterocycles. The maximum Gasteiger partial charge on any atom is 0.0453 e. The number of halogens is 1. The topological polar surface area (TPSA) is 15.3 Å². The molecule has 0 radical (unpaired) electrons. The summed E-state index contributed by atoms with van der Waals surface area (Å²) >= 11 is 6.30. The highest BCUT2D eigenvalue weighted by atomic mass is 35.5. The van der Waals surface area contributed by atoms with Crippen molar-refractivity contribution < 1.29 is 0 Å². The lowest BCUT2D eigenvalue weighted by Crippen LogP contribution is -2.57. The molecule has 1 fully saturated rings. The van der Waals surface area contributed by atoms with Crippen LogP contribution in [0.15, 0.2) is 18.2 Å². The maximum absolute atomic E-state index is 6.30. The van der Waals surface area contributed by atoms with Gasteiger partial charge in [0.15, 0.2) is 0 Å². The minimum Gasteiger partial charge on any atom is -0.314 e. The van der Waals surface area contributed by atoms with Crippen molar-refractivity contribution in [2.24, 2.45) is 0 Å². The van der Waals surface area contributed by atoms with Crippen molar-refractivity contribution in [3.63, 3.8) is 0 Å². The second-order valence-corrected chi connectivity index (χ2v) is 5.91. The highest BCUT2D eigenvalue weighted by Gasteiger charge is 2.29. The van der Waals surface area contributed by atoms with E-state index in [2.05, 4.69) is 43.1 Å². The van der Waals surface area contributed by atoms with E-state index in [1.165, 1.54) is 11.1 Å². The van der Waals surface area contributed by atoms with Gasteiger partial charge in [0.05, 0.1) is 0 Å². The van der Waals surface area contributed by atoms with E-state index in [1.54, 1.807) is 0 Å². The molecule has 0 atom stereocenters. The molecule has 17 heavy (non-hydrogen) atoms. The first kappa shape index (κ1) is 12.9. The van der Waals surface area contributed by atoms with Crippen LogP contribution in [0.5, 0.6) is 0 Å². The molecular weight excluding hydrogens is 232 g/mol. The van der Waals surface area contributed by atoms with E-state index in [9.17, 15) is 0 Å². The van der Waals surface area contributed by atoms with Gasteiger partial charge in [0.2, 0.25) is 0 Å². The summed E-state index contributed by atoms with van der Waals surface area (Å²) in [6.07, 6.45) is 0. The molecule has 0 spiro atoms. The van der Waals surface area contributed by atoms with Crippen LogP contribution in [0.3, 0.4) is 0 Å².